The first-order valence-electron chi connectivity index (χ1n) is 4.70. The van der Waals surface area contributed by atoms with Crippen LogP contribution < -0.4 is 0 Å². The third-order valence-corrected chi connectivity index (χ3v) is 2.65. The molecule has 0 aromatic carbocycles. The molecule has 2 rings (SSSR count). The fourth-order valence-electron chi connectivity index (χ4n) is 1.82. The first kappa shape index (κ1) is 8.42. The van der Waals surface area contributed by atoms with E-state index in [1.54, 1.807) is 0 Å². The first-order chi connectivity index (χ1) is 6.25. The van der Waals surface area contributed by atoms with Crippen molar-refractivity contribution in [2.75, 3.05) is 0 Å². The van der Waals surface area contributed by atoms with Gasteiger partial charge < -0.3 is 0 Å². The zero-order chi connectivity index (χ0) is 9.26. The molecular formula is C11H13NO. The van der Waals surface area contributed by atoms with Crippen molar-refractivity contribution in [1.82, 2.24) is 4.98 Å². The van der Waals surface area contributed by atoms with Crippen LogP contribution in [0, 0.1) is 6.92 Å². The van der Waals surface area contributed by atoms with Crippen LogP contribution in [0.5, 0.6) is 0 Å². The molecule has 13 heavy (non-hydrogen) atoms. The van der Waals surface area contributed by atoms with Crippen molar-refractivity contribution in [2.45, 2.75) is 32.1 Å². The Kier molecular flexibility index (Phi) is 2.13. The number of aryl methyl sites for hydroxylation is 1. The summed E-state index contributed by atoms with van der Waals surface area (Å²) in [6.45, 7) is 1.98. The third kappa shape index (κ3) is 1.77. The summed E-state index contributed by atoms with van der Waals surface area (Å²) in [5, 5.41) is 0. The third-order valence-electron chi connectivity index (χ3n) is 2.65. The number of aromatic nitrogens is 1. The van der Waals surface area contributed by atoms with Crippen molar-refractivity contribution in [2.24, 2.45) is 0 Å². The van der Waals surface area contributed by atoms with Crippen molar-refractivity contribution in [3.05, 3.63) is 29.6 Å². The van der Waals surface area contributed by atoms with Crippen LogP contribution in [0.1, 0.15) is 36.4 Å². The van der Waals surface area contributed by atoms with Gasteiger partial charge in [-0.2, -0.15) is 0 Å². The van der Waals surface area contributed by atoms with E-state index in [-0.39, 0.29) is 0 Å². The van der Waals surface area contributed by atoms with Crippen LogP contribution in [0.4, 0.5) is 0 Å². The molecule has 0 bridgehead atoms. The van der Waals surface area contributed by atoms with E-state index in [1.807, 2.05) is 19.2 Å². The van der Waals surface area contributed by atoms with Crippen LogP contribution in [0.25, 0.3) is 0 Å². The summed E-state index contributed by atoms with van der Waals surface area (Å²) in [4.78, 5) is 15.3. The lowest BCUT2D eigenvalue weighted by atomic mass is 9.99. The van der Waals surface area contributed by atoms with E-state index in [9.17, 15) is 4.79 Å². The van der Waals surface area contributed by atoms with E-state index in [0.717, 1.165) is 18.5 Å². The molecule has 1 saturated carbocycles. The summed E-state index contributed by atoms with van der Waals surface area (Å²) in [5.41, 5.74) is 2.25. The number of hydrogen-bond acceptors (Lipinski definition) is 2. The van der Waals surface area contributed by atoms with Gasteiger partial charge in [0.25, 0.3) is 0 Å². The number of carbonyl (C=O) groups excluding carboxylic acids is 1. The Balaban J connectivity index is 2.17. The van der Waals surface area contributed by atoms with Gasteiger partial charge in [-0.15, -0.1) is 0 Å². The minimum atomic E-state index is 0.394. The number of ketones is 1. The maximum absolute atomic E-state index is 11.1. The SMILES string of the molecule is Cc1ccc(C2CCC(=O)C2)cn1. The van der Waals surface area contributed by atoms with Gasteiger partial charge in [-0.25, -0.2) is 0 Å². The highest BCUT2D eigenvalue weighted by molar-refractivity contribution is 5.81. The van der Waals surface area contributed by atoms with Crippen LogP contribution in [0.3, 0.4) is 0 Å². The molecule has 1 unspecified atom stereocenters. The van der Waals surface area contributed by atoms with Gasteiger partial charge in [0.1, 0.15) is 5.78 Å². The molecular weight excluding hydrogens is 162 g/mol. The Morgan fingerprint density at radius 1 is 1.46 bits per heavy atom. The second-order valence-corrected chi connectivity index (χ2v) is 3.71. The van der Waals surface area contributed by atoms with Crippen LogP contribution in [0.2, 0.25) is 0 Å². The molecule has 2 heteroatoms. The summed E-state index contributed by atoms with van der Waals surface area (Å²) < 4.78 is 0. The lowest BCUT2D eigenvalue weighted by Gasteiger charge is -2.07. The highest BCUT2D eigenvalue weighted by atomic mass is 16.1. The van der Waals surface area contributed by atoms with Crippen LogP contribution in [-0.2, 0) is 4.79 Å². The van der Waals surface area contributed by atoms with E-state index in [0.29, 0.717) is 18.1 Å². The summed E-state index contributed by atoms with van der Waals surface area (Å²) >= 11 is 0. The van der Waals surface area contributed by atoms with Gasteiger partial charge in [0, 0.05) is 24.7 Å². The second-order valence-electron chi connectivity index (χ2n) is 3.71. The quantitative estimate of drug-likeness (QED) is 0.655. The Morgan fingerprint density at radius 3 is 2.85 bits per heavy atom. The standard InChI is InChI=1S/C11H13NO/c1-8-2-3-10(7-12-8)9-4-5-11(13)6-9/h2-3,7,9H,4-6H2,1H3. The van der Waals surface area contributed by atoms with Crippen LogP contribution >= 0.6 is 0 Å². The van der Waals surface area contributed by atoms with Gasteiger partial charge in [-0.3, -0.25) is 9.78 Å². The number of carbonyl (C=O) groups is 1. The molecule has 0 radical (unpaired) electrons. The minimum Gasteiger partial charge on any atom is -0.300 e. The topological polar surface area (TPSA) is 30.0 Å². The van der Waals surface area contributed by atoms with Crippen LogP contribution in [-0.4, -0.2) is 10.8 Å². The molecule has 1 fully saturated rings. The highest BCUT2D eigenvalue weighted by Crippen LogP contribution is 2.31. The van der Waals surface area contributed by atoms with Crippen molar-refractivity contribution in [3.63, 3.8) is 0 Å². The van der Waals surface area contributed by atoms with E-state index in [4.69, 9.17) is 0 Å². The van der Waals surface area contributed by atoms with E-state index < -0.39 is 0 Å². The van der Waals surface area contributed by atoms with E-state index in [2.05, 4.69) is 11.1 Å². The molecule has 0 amide bonds. The molecule has 1 aliphatic carbocycles. The lowest BCUT2D eigenvalue weighted by molar-refractivity contribution is -0.117. The van der Waals surface area contributed by atoms with E-state index >= 15 is 0 Å². The highest BCUT2D eigenvalue weighted by Gasteiger charge is 2.23. The first-order valence-corrected chi connectivity index (χ1v) is 4.70. The number of pyridine rings is 1. The van der Waals surface area contributed by atoms with Crippen molar-refractivity contribution >= 4 is 5.78 Å². The Labute approximate surface area is 78.0 Å². The Hall–Kier alpha value is -1.18. The zero-order valence-electron chi connectivity index (χ0n) is 7.79. The molecule has 0 spiro atoms. The molecule has 1 aromatic rings. The summed E-state index contributed by atoms with van der Waals surface area (Å²) in [6.07, 6.45) is 4.37. The van der Waals surface area contributed by atoms with Gasteiger partial charge in [-0.05, 0) is 30.9 Å². The number of Topliss-reactive ketones (excluding diaryl/α,β-unsaturated/α-hetero) is 1. The molecule has 0 N–H and O–H groups in total. The monoisotopic (exact) mass is 175 g/mol. The number of nitrogens with zero attached hydrogens (tertiary/aromatic N) is 1. The Bertz CT molecular complexity index is 315. The van der Waals surface area contributed by atoms with Crippen molar-refractivity contribution in [3.8, 4) is 0 Å². The molecule has 1 heterocycles. The summed E-state index contributed by atoms with van der Waals surface area (Å²) in [5.74, 6) is 0.825. The molecule has 1 aliphatic rings. The number of rotatable bonds is 1. The average molecular weight is 175 g/mol. The molecule has 68 valence electrons. The van der Waals surface area contributed by atoms with E-state index in [1.165, 1.54) is 5.56 Å². The predicted molar refractivity (Wildman–Crippen MR) is 50.6 cm³/mol. The van der Waals surface area contributed by atoms with Crippen LogP contribution in [0.15, 0.2) is 18.3 Å². The minimum absolute atomic E-state index is 0.394. The van der Waals surface area contributed by atoms with Gasteiger partial charge in [0.2, 0.25) is 0 Å². The van der Waals surface area contributed by atoms with Gasteiger partial charge in [-0.1, -0.05) is 6.07 Å². The molecule has 1 atom stereocenters. The normalized spacial score (nSPS) is 22.2. The van der Waals surface area contributed by atoms with Gasteiger partial charge >= 0.3 is 0 Å². The predicted octanol–water partition coefficient (Wildman–Crippen LogP) is 2.23. The summed E-state index contributed by atoms with van der Waals surface area (Å²) in [7, 11) is 0. The molecule has 1 aromatic heterocycles. The largest absolute Gasteiger partial charge is 0.300 e. The maximum atomic E-state index is 11.1. The lowest BCUT2D eigenvalue weighted by Crippen LogP contribution is -1.95. The second kappa shape index (κ2) is 3.29. The molecule has 0 aliphatic heterocycles. The fourth-order valence-corrected chi connectivity index (χ4v) is 1.82. The van der Waals surface area contributed by atoms with Gasteiger partial charge in [0.15, 0.2) is 0 Å². The molecule has 2 nitrogen and oxygen atoms in total. The van der Waals surface area contributed by atoms with Crippen molar-refractivity contribution < 1.29 is 4.79 Å². The number of hydrogen-bond donors (Lipinski definition) is 0. The average Bonchev–Trinajstić information content (AvgIpc) is 2.53. The molecule has 0 saturated heterocycles. The van der Waals surface area contributed by atoms with Gasteiger partial charge in [0.05, 0.1) is 0 Å². The Morgan fingerprint density at radius 2 is 2.31 bits per heavy atom. The van der Waals surface area contributed by atoms with Crippen molar-refractivity contribution in [1.29, 1.82) is 0 Å². The smallest absolute Gasteiger partial charge is 0.133 e. The zero-order valence-corrected chi connectivity index (χ0v) is 7.79. The summed E-state index contributed by atoms with van der Waals surface area (Å²) in [6, 6.07) is 4.10. The fraction of sp³-hybridized carbons (Fsp3) is 0.455. The maximum Gasteiger partial charge on any atom is 0.133 e.